The van der Waals surface area contributed by atoms with Crippen LogP contribution in [0, 0.1) is 12.8 Å². The van der Waals surface area contributed by atoms with Crippen molar-refractivity contribution in [2.75, 3.05) is 11.9 Å². The number of anilines is 2. The van der Waals surface area contributed by atoms with E-state index in [1.807, 2.05) is 49.4 Å². The van der Waals surface area contributed by atoms with E-state index in [9.17, 15) is 9.59 Å². The van der Waals surface area contributed by atoms with Crippen molar-refractivity contribution in [3.8, 4) is 0 Å². The number of carbonyl (C=O) groups excluding carboxylic acids is 2. The van der Waals surface area contributed by atoms with Crippen LogP contribution in [-0.4, -0.2) is 24.6 Å². The lowest BCUT2D eigenvalue weighted by Crippen LogP contribution is -2.38. The number of halogens is 1. The monoisotopic (exact) mass is 444 g/mol. The molecule has 0 saturated carbocycles. The molecule has 2 rings (SSSR count). The SMILES string of the molecule is Cc1ccccc1Nc1ccc(Br)cc1/C=N\NC(=O)C(=O)NCCC(C)C. The summed E-state index contributed by atoms with van der Waals surface area (Å²) in [6, 6.07) is 13.6. The molecule has 2 amide bonds. The topological polar surface area (TPSA) is 82.6 Å². The van der Waals surface area contributed by atoms with Crippen LogP contribution in [0.1, 0.15) is 31.4 Å². The van der Waals surface area contributed by atoms with Gasteiger partial charge >= 0.3 is 11.8 Å². The normalized spacial score (nSPS) is 10.9. The van der Waals surface area contributed by atoms with Crippen molar-refractivity contribution in [3.63, 3.8) is 0 Å². The molecule has 0 atom stereocenters. The fraction of sp³-hybridized carbons (Fsp3) is 0.286. The molecule has 0 saturated heterocycles. The fourth-order valence-electron chi connectivity index (χ4n) is 2.38. The van der Waals surface area contributed by atoms with E-state index in [1.165, 1.54) is 6.21 Å². The summed E-state index contributed by atoms with van der Waals surface area (Å²) in [4.78, 5) is 23.6. The highest BCUT2D eigenvalue weighted by Gasteiger charge is 2.12. The molecule has 2 aromatic carbocycles. The molecule has 0 unspecified atom stereocenters. The minimum atomic E-state index is -0.789. The van der Waals surface area contributed by atoms with Crippen molar-refractivity contribution in [2.24, 2.45) is 11.0 Å². The second-order valence-electron chi connectivity index (χ2n) is 6.81. The van der Waals surface area contributed by atoms with Gasteiger partial charge < -0.3 is 10.6 Å². The van der Waals surface area contributed by atoms with Crippen molar-refractivity contribution in [2.45, 2.75) is 27.2 Å². The van der Waals surface area contributed by atoms with E-state index in [0.29, 0.717) is 12.5 Å². The lowest BCUT2D eigenvalue weighted by molar-refractivity contribution is -0.139. The first-order chi connectivity index (χ1) is 13.4. The third-order valence-corrected chi connectivity index (χ3v) is 4.50. The first-order valence-corrected chi connectivity index (χ1v) is 9.89. The number of hydrazone groups is 1. The maximum atomic E-state index is 11.8. The Kier molecular flexibility index (Phi) is 8.19. The van der Waals surface area contributed by atoms with Crippen LogP contribution < -0.4 is 16.1 Å². The second-order valence-corrected chi connectivity index (χ2v) is 7.72. The summed E-state index contributed by atoms with van der Waals surface area (Å²) in [7, 11) is 0. The number of benzene rings is 2. The molecule has 0 fully saturated rings. The second kappa shape index (κ2) is 10.6. The first kappa shape index (κ1) is 21.6. The lowest BCUT2D eigenvalue weighted by atomic mass is 10.1. The molecule has 148 valence electrons. The predicted octanol–water partition coefficient (Wildman–Crippen LogP) is 4.11. The van der Waals surface area contributed by atoms with E-state index in [1.54, 1.807) is 0 Å². The summed E-state index contributed by atoms with van der Waals surface area (Å²) in [5, 5.41) is 9.87. The van der Waals surface area contributed by atoms with E-state index in [2.05, 4.69) is 50.9 Å². The maximum absolute atomic E-state index is 11.8. The Balaban J connectivity index is 2.02. The number of para-hydroxylation sites is 1. The summed E-state index contributed by atoms with van der Waals surface area (Å²) in [6.45, 7) is 6.59. The molecule has 6 nitrogen and oxygen atoms in total. The minimum Gasteiger partial charge on any atom is -0.355 e. The van der Waals surface area contributed by atoms with Gasteiger partial charge in [0.05, 0.1) is 6.21 Å². The van der Waals surface area contributed by atoms with Gasteiger partial charge in [-0.25, -0.2) is 5.43 Å². The number of carbonyl (C=O) groups is 2. The minimum absolute atomic E-state index is 0.456. The standard InChI is InChI=1S/C21H25BrN4O2/c1-14(2)10-11-23-20(27)21(28)26-24-13-16-12-17(22)8-9-19(16)25-18-7-5-4-6-15(18)3/h4-9,12-14,25H,10-11H2,1-3H3,(H,23,27)(H,26,28)/b24-13-. The van der Waals surface area contributed by atoms with Crippen LogP contribution in [0.4, 0.5) is 11.4 Å². The third-order valence-electron chi connectivity index (χ3n) is 4.01. The van der Waals surface area contributed by atoms with E-state index in [4.69, 9.17) is 0 Å². The van der Waals surface area contributed by atoms with Gasteiger partial charge in [-0.05, 0) is 49.1 Å². The van der Waals surface area contributed by atoms with Crippen LogP contribution in [0.3, 0.4) is 0 Å². The highest BCUT2D eigenvalue weighted by molar-refractivity contribution is 9.10. The first-order valence-electron chi connectivity index (χ1n) is 9.10. The van der Waals surface area contributed by atoms with E-state index in [-0.39, 0.29) is 0 Å². The Morgan fingerprint density at radius 3 is 2.57 bits per heavy atom. The van der Waals surface area contributed by atoms with E-state index >= 15 is 0 Å². The lowest BCUT2D eigenvalue weighted by Gasteiger charge is -2.12. The van der Waals surface area contributed by atoms with Gasteiger partial charge in [-0.2, -0.15) is 5.10 Å². The molecule has 3 N–H and O–H groups in total. The Morgan fingerprint density at radius 2 is 1.86 bits per heavy atom. The summed E-state index contributed by atoms with van der Waals surface area (Å²) in [6.07, 6.45) is 2.32. The number of aryl methyl sites for hydroxylation is 1. The highest BCUT2D eigenvalue weighted by atomic mass is 79.9. The van der Waals surface area contributed by atoms with Crippen molar-refractivity contribution < 1.29 is 9.59 Å². The van der Waals surface area contributed by atoms with Gasteiger partial charge in [0.15, 0.2) is 0 Å². The Hall–Kier alpha value is -2.67. The van der Waals surface area contributed by atoms with Gasteiger partial charge in [-0.3, -0.25) is 9.59 Å². The zero-order chi connectivity index (χ0) is 20.5. The Bertz CT molecular complexity index is 865. The molecule has 0 heterocycles. The van der Waals surface area contributed by atoms with E-state index < -0.39 is 11.8 Å². The zero-order valence-electron chi connectivity index (χ0n) is 16.3. The molecule has 0 aliphatic rings. The van der Waals surface area contributed by atoms with Gasteiger partial charge in [-0.15, -0.1) is 0 Å². The van der Waals surface area contributed by atoms with Crippen molar-refractivity contribution in [1.29, 1.82) is 0 Å². The molecule has 0 aliphatic heterocycles. The summed E-state index contributed by atoms with van der Waals surface area (Å²) in [5.41, 5.74) is 5.95. The van der Waals surface area contributed by atoms with Crippen molar-refractivity contribution >= 4 is 45.3 Å². The molecule has 28 heavy (non-hydrogen) atoms. The predicted molar refractivity (Wildman–Crippen MR) is 117 cm³/mol. The third kappa shape index (κ3) is 6.81. The van der Waals surface area contributed by atoms with Crippen LogP contribution in [0.25, 0.3) is 0 Å². The van der Waals surface area contributed by atoms with Crippen LogP contribution in [0.15, 0.2) is 52.0 Å². The largest absolute Gasteiger partial charge is 0.355 e. The molecule has 0 aliphatic carbocycles. The van der Waals surface area contributed by atoms with Gasteiger partial charge in [0.25, 0.3) is 0 Å². The quantitative estimate of drug-likeness (QED) is 0.341. The fourth-order valence-corrected chi connectivity index (χ4v) is 2.76. The van der Waals surface area contributed by atoms with Gasteiger partial charge in [0.2, 0.25) is 0 Å². The van der Waals surface area contributed by atoms with E-state index in [0.717, 1.165) is 33.4 Å². The molecule has 0 spiro atoms. The summed E-state index contributed by atoms with van der Waals surface area (Å²) < 4.78 is 0.877. The summed E-state index contributed by atoms with van der Waals surface area (Å²) in [5.74, 6) is -1.02. The van der Waals surface area contributed by atoms with Crippen LogP contribution in [0.5, 0.6) is 0 Å². The Morgan fingerprint density at radius 1 is 1.11 bits per heavy atom. The molecule has 0 bridgehead atoms. The van der Waals surface area contributed by atoms with Crippen molar-refractivity contribution in [3.05, 3.63) is 58.1 Å². The Labute approximate surface area is 173 Å². The number of nitrogens with zero attached hydrogens (tertiary/aromatic N) is 1. The van der Waals surface area contributed by atoms with Gasteiger partial charge in [0, 0.05) is 28.0 Å². The molecular formula is C21H25BrN4O2. The number of nitrogens with one attached hydrogen (secondary N) is 3. The molecular weight excluding hydrogens is 420 g/mol. The average molecular weight is 445 g/mol. The number of hydrogen-bond donors (Lipinski definition) is 3. The molecule has 7 heteroatoms. The van der Waals surface area contributed by atoms with Gasteiger partial charge in [-0.1, -0.05) is 48.0 Å². The van der Waals surface area contributed by atoms with Gasteiger partial charge in [0.1, 0.15) is 0 Å². The highest BCUT2D eigenvalue weighted by Crippen LogP contribution is 2.25. The molecule has 2 aromatic rings. The van der Waals surface area contributed by atoms with Crippen molar-refractivity contribution in [1.82, 2.24) is 10.7 Å². The smallest absolute Gasteiger partial charge is 0.329 e. The number of amides is 2. The van der Waals surface area contributed by atoms with Crippen LogP contribution in [-0.2, 0) is 9.59 Å². The molecule has 0 radical (unpaired) electrons. The molecule has 0 aromatic heterocycles. The van der Waals surface area contributed by atoms with Crippen LogP contribution in [0.2, 0.25) is 0 Å². The zero-order valence-corrected chi connectivity index (χ0v) is 17.8. The summed E-state index contributed by atoms with van der Waals surface area (Å²) >= 11 is 3.44. The average Bonchev–Trinajstić information content (AvgIpc) is 2.65. The maximum Gasteiger partial charge on any atom is 0.329 e. The van der Waals surface area contributed by atoms with Crippen LogP contribution >= 0.6 is 15.9 Å². The number of hydrogen-bond acceptors (Lipinski definition) is 4. The number of rotatable bonds is 7.